The van der Waals surface area contributed by atoms with Gasteiger partial charge in [-0.25, -0.2) is 0 Å². The number of carbonyl (C=O) groups excluding carboxylic acids is 1. The SMILES string of the molecule is CCCCCC(C)/C=C/C1C(O)CC[C@@H]1C/C=C\CCCC(=O)OC. The summed E-state index contributed by atoms with van der Waals surface area (Å²) in [6.45, 7) is 4.52. The number of unbranched alkanes of at least 4 members (excludes halogenated alkanes) is 3. The van der Waals surface area contributed by atoms with Crippen molar-refractivity contribution >= 4 is 5.97 Å². The predicted molar refractivity (Wildman–Crippen MR) is 104 cm³/mol. The van der Waals surface area contributed by atoms with Crippen molar-refractivity contribution in [2.24, 2.45) is 17.8 Å². The highest BCUT2D eigenvalue weighted by molar-refractivity contribution is 5.69. The van der Waals surface area contributed by atoms with Crippen molar-refractivity contribution in [3.05, 3.63) is 24.3 Å². The van der Waals surface area contributed by atoms with Gasteiger partial charge in [-0.05, 0) is 50.4 Å². The van der Waals surface area contributed by atoms with Crippen LogP contribution in [0.15, 0.2) is 24.3 Å². The first-order chi connectivity index (χ1) is 12.1. The molecular weight excluding hydrogens is 312 g/mol. The van der Waals surface area contributed by atoms with Crippen molar-refractivity contribution in [1.29, 1.82) is 0 Å². The molecule has 0 heterocycles. The molecule has 0 aliphatic heterocycles. The Hall–Kier alpha value is -1.09. The Morgan fingerprint density at radius 2 is 2.04 bits per heavy atom. The number of rotatable bonds is 12. The van der Waals surface area contributed by atoms with Crippen LogP contribution < -0.4 is 0 Å². The number of allylic oxidation sites excluding steroid dienone is 3. The van der Waals surface area contributed by atoms with Crippen LogP contribution in [0.2, 0.25) is 0 Å². The maximum atomic E-state index is 11.1. The van der Waals surface area contributed by atoms with E-state index in [1.165, 1.54) is 32.8 Å². The zero-order valence-electron chi connectivity index (χ0n) is 16.5. The van der Waals surface area contributed by atoms with Gasteiger partial charge in [-0.3, -0.25) is 4.79 Å². The van der Waals surface area contributed by atoms with Crippen LogP contribution in [0.3, 0.4) is 0 Å². The minimum Gasteiger partial charge on any atom is -0.469 e. The summed E-state index contributed by atoms with van der Waals surface area (Å²) in [5.74, 6) is 1.32. The second kappa shape index (κ2) is 13.2. The fraction of sp³-hybridized carbons (Fsp3) is 0.773. The van der Waals surface area contributed by atoms with Gasteiger partial charge in [-0.2, -0.15) is 0 Å². The van der Waals surface area contributed by atoms with Crippen molar-refractivity contribution in [1.82, 2.24) is 0 Å². The lowest BCUT2D eigenvalue weighted by molar-refractivity contribution is -0.140. The Bertz CT molecular complexity index is 413. The van der Waals surface area contributed by atoms with Crippen molar-refractivity contribution < 1.29 is 14.6 Å². The van der Waals surface area contributed by atoms with E-state index < -0.39 is 0 Å². The normalized spacial score (nSPS) is 25.0. The molecule has 0 bridgehead atoms. The molecule has 1 aliphatic carbocycles. The number of aliphatic hydroxyl groups excluding tert-OH is 1. The highest BCUT2D eigenvalue weighted by atomic mass is 16.5. The predicted octanol–water partition coefficient (Wildman–Crippen LogP) is 5.44. The highest BCUT2D eigenvalue weighted by Crippen LogP contribution is 2.36. The van der Waals surface area contributed by atoms with Crippen molar-refractivity contribution in [2.45, 2.75) is 84.2 Å². The van der Waals surface area contributed by atoms with E-state index in [1.807, 2.05) is 0 Å². The average molecular weight is 351 g/mol. The van der Waals surface area contributed by atoms with E-state index in [0.717, 1.165) is 32.1 Å². The summed E-state index contributed by atoms with van der Waals surface area (Å²) in [7, 11) is 1.43. The molecule has 1 aliphatic rings. The van der Waals surface area contributed by atoms with E-state index in [9.17, 15) is 9.90 Å². The standard InChI is InChI=1S/C22H38O3/c1-4-5-8-11-18(2)14-16-20-19(15-17-21(20)23)12-9-6-7-10-13-22(24)25-3/h6,9,14,16,18-21,23H,4-5,7-8,10-13,15,17H2,1-3H3/b9-6-,16-14+/t18?,19-,20?,21?/m0/s1. The van der Waals surface area contributed by atoms with Crippen molar-refractivity contribution in [3.63, 3.8) is 0 Å². The Labute approximate surface area is 154 Å². The summed E-state index contributed by atoms with van der Waals surface area (Å²) in [4.78, 5) is 11.1. The lowest BCUT2D eigenvalue weighted by atomic mass is 9.89. The molecule has 1 saturated carbocycles. The van der Waals surface area contributed by atoms with Gasteiger partial charge in [0.1, 0.15) is 0 Å². The van der Waals surface area contributed by atoms with Crippen LogP contribution in [0.25, 0.3) is 0 Å². The third-order valence-electron chi connectivity index (χ3n) is 5.33. The summed E-state index contributed by atoms with van der Waals surface area (Å²) in [5.41, 5.74) is 0. The second-order valence-corrected chi connectivity index (χ2v) is 7.52. The van der Waals surface area contributed by atoms with Gasteiger partial charge in [-0.1, -0.05) is 57.4 Å². The first kappa shape index (κ1) is 22.0. The molecule has 144 valence electrons. The summed E-state index contributed by atoms with van der Waals surface area (Å²) in [5, 5.41) is 10.3. The minimum atomic E-state index is -0.184. The van der Waals surface area contributed by atoms with Gasteiger partial charge in [0.2, 0.25) is 0 Å². The summed E-state index contributed by atoms with van der Waals surface area (Å²) >= 11 is 0. The zero-order chi connectivity index (χ0) is 18.5. The molecule has 0 aromatic heterocycles. The number of methoxy groups -OCH3 is 1. The molecule has 0 amide bonds. The van der Waals surface area contributed by atoms with E-state index in [4.69, 9.17) is 0 Å². The van der Waals surface area contributed by atoms with E-state index >= 15 is 0 Å². The zero-order valence-corrected chi connectivity index (χ0v) is 16.5. The number of aliphatic hydroxyl groups is 1. The van der Waals surface area contributed by atoms with Crippen LogP contribution in [0.1, 0.15) is 78.1 Å². The van der Waals surface area contributed by atoms with Crippen molar-refractivity contribution in [2.75, 3.05) is 7.11 Å². The first-order valence-electron chi connectivity index (χ1n) is 10.2. The number of ether oxygens (including phenoxy) is 1. The minimum absolute atomic E-state index is 0.134. The molecule has 3 unspecified atom stereocenters. The largest absolute Gasteiger partial charge is 0.469 e. The van der Waals surface area contributed by atoms with Gasteiger partial charge in [0.25, 0.3) is 0 Å². The molecule has 25 heavy (non-hydrogen) atoms. The first-order valence-corrected chi connectivity index (χ1v) is 10.2. The molecule has 0 aromatic carbocycles. The molecule has 0 aromatic rings. The van der Waals surface area contributed by atoms with E-state index in [2.05, 4.69) is 42.9 Å². The molecule has 3 heteroatoms. The molecule has 3 nitrogen and oxygen atoms in total. The lowest BCUT2D eigenvalue weighted by Gasteiger charge is -2.18. The molecule has 4 atom stereocenters. The van der Waals surface area contributed by atoms with Crippen LogP contribution in [0, 0.1) is 17.8 Å². The monoisotopic (exact) mass is 350 g/mol. The van der Waals surface area contributed by atoms with E-state index in [-0.39, 0.29) is 12.1 Å². The van der Waals surface area contributed by atoms with Crippen LogP contribution in [-0.4, -0.2) is 24.3 Å². The Balaban J connectivity index is 2.33. The van der Waals surface area contributed by atoms with E-state index in [0.29, 0.717) is 24.2 Å². The summed E-state index contributed by atoms with van der Waals surface area (Å²) in [6, 6.07) is 0. The third kappa shape index (κ3) is 9.25. The number of esters is 1. The van der Waals surface area contributed by atoms with Gasteiger partial charge in [0.05, 0.1) is 13.2 Å². The molecule has 0 radical (unpaired) electrons. The number of hydrogen-bond acceptors (Lipinski definition) is 3. The molecule has 1 N–H and O–H groups in total. The lowest BCUT2D eigenvalue weighted by Crippen LogP contribution is -2.16. The molecule has 1 fully saturated rings. The molecule has 1 rings (SSSR count). The highest BCUT2D eigenvalue weighted by Gasteiger charge is 2.32. The van der Waals surface area contributed by atoms with Gasteiger partial charge in [-0.15, -0.1) is 0 Å². The van der Waals surface area contributed by atoms with Crippen molar-refractivity contribution in [3.8, 4) is 0 Å². The van der Waals surface area contributed by atoms with Gasteiger partial charge < -0.3 is 9.84 Å². The van der Waals surface area contributed by atoms with Crippen LogP contribution in [0.4, 0.5) is 0 Å². The molecular formula is C22H38O3. The second-order valence-electron chi connectivity index (χ2n) is 7.52. The Morgan fingerprint density at radius 3 is 2.76 bits per heavy atom. The summed E-state index contributed by atoms with van der Waals surface area (Å²) in [6.07, 6.45) is 19.2. The van der Waals surface area contributed by atoms with Gasteiger partial charge >= 0.3 is 5.97 Å². The maximum Gasteiger partial charge on any atom is 0.305 e. The maximum absolute atomic E-state index is 11.1. The number of hydrogen-bond donors (Lipinski definition) is 1. The Morgan fingerprint density at radius 1 is 1.24 bits per heavy atom. The smallest absolute Gasteiger partial charge is 0.305 e. The van der Waals surface area contributed by atoms with Crippen LogP contribution >= 0.6 is 0 Å². The van der Waals surface area contributed by atoms with Gasteiger partial charge in [0, 0.05) is 12.3 Å². The quantitative estimate of drug-likeness (QED) is 0.290. The van der Waals surface area contributed by atoms with Gasteiger partial charge in [0.15, 0.2) is 0 Å². The number of carbonyl (C=O) groups is 1. The van der Waals surface area contributed by atoms with Crippen LogP contribution in [0.5, 0.6) is 0 Å². The third-order valence-corrected chi connectivity index (χ3v) is 5.33. The Kier molecular flexibility index (Phi) is 11.6. The molecule has 0 saturated heterocycles. The molecule has 0 spiro atoms. The van der Waals surface area contributed by atoms with Crippen LogP contribution in [-0.2, 0) is 9.53 Å². The fourth-order valence-corrected chi connectivity index (χ4v) is 3.63. The topological polar surface area (TPSA) is 46.5 Å². The van der Waals surface area contributed by atoms with E-state index in [1.54, 1.807) is 0 Å². The summed E-state index contributed by atoms with van der Waals surface area (Å²) < 4.78 is 4.64. The average Bonchev–Trinajstić information content (AvgIpc) is 2.96. The fourth-order valence-electron chi connectivity index (χ4n) is 3.63.